The van der Waals surface area contributed by atoms with Gasteiger partial charge in [-0.3, -0.25) is 0 Å². The molecule has 0 aromatic heterocycles. The first kappa shape index (κ1) is 21.6. The van der Waals surface area contributed by atoms with Gasteiger partial charge in [0.2, 0.25) is 0 Å². The van der Waals surface area contributed by atoms with Crippen LogP contribution in [0.4, 0.5) is 0 Å². The monoisotopic (exact) mass is 484 g/mol. The topological polar surface area (TPSA) is 72.9 Å². The Morgan fingerprint density at radius 3 is 2.43 bits per heavy atom. The van der Waals surface area contributed by atoms with Crippen LogP contribution in [-0.4, -0.2) is 88.8 Å². The van der Waals surface area contributed by atoms with Crippen LogP contribution < -0.4 is 9.47 Å². The summed E-state index contributed by atoms with van der Waals surface area (Å²) in [5.74, 6) is 1.52. The summed E-state index contributed by atoms with van der Waals surface area (Å²) in [6, 6.07) is 4.24. The number of benzene rings is 1. The lowest BCUT2D eigenvalue weighted by Gasteiger charge is -2.65. The summed E-state index contributed by atoms with van der Waals surface area (Å²) in [6.07, 6.45) is 1.84. The summed E-state index contributed by atoms with van der Waals surface area (Å²) in [4.78, 5) is 4.65. The predicted octanol–water partition coefficient (Wildman–Crippen LogP) is 2.15. The quantitative estimate of drug-likeness (QED) is 0.650. The lowest BCUT2D eigenvalue weighted by Crippen LogP contribution is -2.80. The molecule has 0 amide bonds. The van der Waals surface area contributed by atoms with Crippen molar-refractivity contribution >= 4 is 0 Å². The summed E-state index contributed by atoms with van der Waals surface area (Å²) in [6.45, 7) is 9.34. The molecule has 8 nitrogen and oxygen atoms in total. The van der Waals surface area contributed by atoms with E-state index in [1.807, 2.05) is 6.07 Å². The third kappa shape index (κ3) is 2.10. The third-order valence-corrected chi connectivity index (χ3v) is 10.6. The Bertz CT molecular complexity index is 1150. The van der Waals surface area contributed by atoms with Crippen LogP contribution in [0.15, 0.2) is 12.1 Å². The Labute approximate surface area is 206 Å². The maximum absolute atomic E-state index is 12.7. The molecule has 190 valence electrons. The average Bonchev–Trinajstić information content (AvgIpc) is 3.47. The second-order valence-electron chi connectivity index (χ2n) is 13.0. The molecule has 5 fully saturated rings. The molecule has 35 heavy (non-hydrogen) atoms. The predicted molar refractivity (Wildman–Crippen MR) is 125 cm³/mol. The van der Waals surface area contributed by atoms with Crippen molar-refractivity contribution in [2.24, 2.45) is 0 Å². The molecule has 8 heteroatoms. The van der Waals surface area contributed by atoms with E-state index in [1.165, 1.54) is 5.56 Å². The van der Waals surface area contributed by atoms with Crippen LogP contribution in [-0.2, 0) is 26.0 Å². The van der Waals surface area contributed by atoms with E-state index in [0.29, 0.717) is 12.8 Å². The highest BCUT2D eigenvalue weighted by Gasteiger charge is 2.83. The number of likely N-dealkylation sites (tertiary alicyclic amines) is 1. The fourth-order valence-corrected chi connectivity index (χ4v) is 9.17. The lowest BCUT2D eigenvalue weighted by atomic mass is 9.46. The van der Waals surface area contributed by atoms with Gasteiger partial charge in [-0.2, -0.15) is 0 Å². The fraction of sp³-hybridized carbons (Fsp3) is 0.778. The highest BCUT2D eigenvalue weighted by Crippen LogP contribution is 2.70. The first-order valence-electron chi connectivity index (χ1n) is 13.1. The van der Waals surface area contributed by atoms with Gasteiger partial charge in [0.25, 0.3) is 0 Å². The van der Waals surface area contributed by atoms with Crippen LogP contribution in [0, 0.1) is 0 Å². The summed E-state index contributed by atoms with van der Waals surface area (Å²) in [5.41, 5.74) is -0.748. The largest absolute Gasteiger partial charge is 0.493 e. The number of hydrogen-bond donors (Lipinski definition) is 1. The average molecular weight is 485 g/mol. The molecule has 5 aliphatic heterocycles. The van der Waals surface area contributed by atoms with Gasteiger partial charge in [-0.1, -0.05) is 6.07 Å². The van der Waals surface area contributed by atoms with Crippen molar-refractivity contribution in [1.82, 2.24) is 9.80 Å². The first-order valence-corrected chi connectivity index (χ1v) is 13.1. The number of nitrogens with zero attached hydrogens (tertiary/aromatic N) is 2. The molecular formula is C27H36N2O6. The van der Waals surface area contributed by atoms with E-state index in [2.05, 4.69) is 50.6 Å². The number of rotatable bonds is 1. The number of piperidine rings is 1. The van der Waals surface area contributed by atoms with Crippen LogP contribution in [0.5, 0.6) is 11.5 Å². The Morgan fingerprint density at radius 1 is 0.971 bits per heavy atom. The van der Waals surface area contributed by atoms with Gasteiger partial charge in [-0.25, -0.2) is 4.90 Å². The highest BCUT2D eigenvalue weighted by molar-refractivity contribution is 5.63. The van der Waals surface area contributed by atoms with Crippen molar-refractivity contribution in [2.45, 2.75) is 112 Å². The number of fused-ring (bicyclic) bond motifs is 2. The van der Waals surface area contributed by atoms with Crippen molar-refractivity contribution in [3.05, 3.63) is 23.3 Å². The number of aliphatic hydroxyl groups is 1. The zero-order chi connectivity index (χ0) is 24.3. The molecule has 1 N–H and O–H groups in total. The zero-order valence-electron chi connectivity index (χ0n) is 21.5. The minimum atomic E-state index is -0.906. The SMILES string of the molecule is COc1ccc2c3c1O[C@H]1[C@]4(CC[C@@]5(O)[C@@H](C2)N(C)CC[C@]315)O[C@H]1N2[C@H](OC1(C)C)C(C)(C)O[C@@H]24. The summed E-state index contributed by atoms with van der Waals surface area (Å²) < 4.78 is 33.2. The van der Waals surface area contributed by atoms with Crippen molar-refractivity contribution in [3.63, 3.8) is 0 Å². The molecule has 7 aliphatic rings. The molecule has 2 aliphatic carbocycles. The van der Waals surface area contributed by atoms with Gasteiger partial charge in [0.05, 0.1) is 18.1 Å². The van der Waals surface area contributed by atoms with Crippen LogP contribution >= 0.6 is 0 Å². The van der Waals surface area contributed by atoms with E-state index in [9.17, 15) is 5.11 Å². The van der Waals surface area contributed by atoms with Gasteiger partial charge >= 0.3 is 0 Å². The molecule has 1 saturated carbocycles. The Balaban J connectivity index is 1.36. The fourth-order valence-electron chi connectivity index (χ4n) is 9.17. The van der Waals surface area contributed by atoms with Crippen LogP contribution in [0.25, 0.3) is 0 Å². The van der Waals surface area contributed by atoms with E-state index in [-0.39, 0.29) is 30.8 Å². The van der Waals surface area contributed by atoms with E-state index >= 15 is 0 Å². The maximum atomic E-state index is 12.7. The van der Waals surface area contributed by atoms with Gasteiger partial charge < -0.3 is 33.7 Å². The van der Waals surface area contributed by atoms with Gasteiger partial charge in [-0.15, -0.1) is 0 Å². The third-order valence-electron chi connectivity index (χ3n) is 10.6. The lowest BCUT2D eigenvalue weighted by molar-refractivity contribution is -0.265. The van der Waals surface area contributed by atoms with Crippen molar-refractivity contribution in [2.75, 3.05) is 20.7 Å². The summed E-state index contributed by atoms with van der Waals surface area (Å²) >= 11 is 0. The normalized spacial score (nSPS) is 49.7. The minimum absolute atomic E-state index is 0.0428. The Morgan fingerprint density at radius 2 is 1.69 bits per heavy atom. The molecule has 0 unspecified atom stereocenters. The molecule has 1 aromatic rings. The van der Waals surface area contributed by atoms with Gasteiger partial charge in [0, 0.05) is 11.6 Å². The van der Waals surface area contributed by atoms with Gasteiger partial charge in [-0.05, 0) is 78.6 Å². The Hall–Kier alpha value is -1.42. The molecule has 4 saturated heterocycles. The van der Waals surface area contributed by atoms with E-state index in [4.69, 9.17) is 23.7 Å². The summed E-state index contributed by atoms with van der Waals surface area (Å²) in [7, 11) is 3.84. The van der Waals surface area contributed by atoms with Crippen LogP contribution in [0.3, 0.4) is 0 Å². The number of methoxy groups -OCH3 is 1. The van der Waals surface area contributed by atoms with Crippen molar-refractivity contribution in [1.29, 1.82) is 0 Å². The minimum Gasteiger partial charge on any atom is -0.493 e. The number of hydrogen-bond acceptors (Lipinski definition) is 8. The second kappa shape index (κ2) is 6.00. The zero-order valence-corrected chi connectivity index (χ0v) is 21.5. The van der Waals surface area contributed by atoms with E-state index in [0.717, 1.165) is 36.4 Å². The number of likely N-dealkylation sites (N-methyl/N-ethyl adjacent to an activating group) is 1. The van der Waals surface area contributed by atoms with Crippen molar-refractivity contribution < 1.29 is 28.8 Å². The molecule has 0 radical (unpaired) electrons. The maximum Gasteiger partial charge on any atom is 0.166 e. The smallest absolute Gasteiger partial charge is 0.166 e. The summed E-state index contributed by atoms with van der Waals surface area (Å²) in [5, 5.41) is 12.7. The van der Waals surface area contributed by atoms with Gasteiger partial charge in [0.1, 0.15) is 41.6 Å². The highest BCUT2D eigenvalue weighted by atomic mass is 16.7. The van der Waals surface area contributed by atoms with E-state index < -0.39 is 27.8 Å². The molecule has 8 rings (SSSR count). The molecule has 2 bridgehead atoms. The Kier molecular flexibility index (Phi) is 3.71. The van der Waals surface area contributed by atoms with Crippen molar-refractivity contribution in [3.8, 4) is 11.5 Å². The van der Waals surface area contributed by atoms with Crippen LogP contribution in [0.2, 0.25) is 0 Å². The molecule has 5 heterocycles. The second-order valence-corrected chi connectivity index (χ2v) is 13.0. The number of ether oxygens (including phenoxy) is 5. The standard InChI is InChI=1S/C27H36N2O6/c1-23(2)20-29-21(24(3,4)33-20)35-26(22(29)34-23)9-10-27(30)16-13-14-7-8-15(31-6)18-17(14)25(27,19(26)32-18)11-12-28(16)5/h7-8,16,19-22,30H,9-13H2,1-6H3/t16-,19-,20-,21-,22-,25+,26+,27-/m1/s1. The van der Waals surface area contributed by atoms with Crippen LogP contribution in [0.1, 0.15) is 58.1 Å². The molecular weight excluding hydrogens is 448 g/mol. The first-order chi connectivity index (χ1) is 16.5. The molecule has 1 aromatic carbocycles. The molecule has 2 spiro atoms. The molecule has 8 atom stereocenters. The van der Waals surface area contributed by atoms with E-state index in [1.54, 1.807) is 7.11 Å². The van der Waals surface area contributed by atoms with Gasteiger partial charge in [0.15, 0.2) is 11.5 Å².